The van der Waals surface area contributed by atoms with Gasteiger partial charge in [-0.2, -0.15) is 0 Å². The molecule has 122 valence electrons. The number of carbonyl (C=O) groups excluding carboxylic acids is 2. The minimum absolute atomic E-state index is 0.0133. The average molecular weight is 315 g/mol. The van der Waals surface area contributed by atoms with Crippen LogP contribution in [0.3, 0.4) is 0 Å². The number of aliphatic hydroxyl groups excluding tert-OH is 1. The summed E-state index contributed by atoms with van der Waals surface area (Å²) in [6.45, 7) is 0.508. The molecule has 1 N–H and O–H groups in total. The highest BCUT2D eigenvalue weighted by Gasteiger charge is 2.47. The van der Waals surface area contributed by atoms with Gasteiger partial charge in [-0.05, 0) is 18.4 Å². The zero-order valence-electron chi connectivity index (χ0n) is 12.9. The van der Waals surface area contributed by atoms with E-state index in [0.29, 0.717) is 19.4 Å². The van der Waals surface area contributed by atoms with Gasteiger partial charge < -0.3 is 9.84 Å². The van der Waals surface area contributed by atoms with Crippen LogP contribution in [-0.4, -0.2) is 41.1 Å². The number of ether oxygens (including phenoxy) is 1. The van der Waals surface area contributed by atoms with Crippen molar-refractivity contribution >= 4 is 11.8 Å². The topological polar surface area (TPSA) is 66.8 Å². The van der Waals surface area contributed by atoms with Crippen LogP contribution in [0.5, 0.6) is 0 Å². The maximum atomic E-state index is 12.3. The second-order valence-corrected chi connectivity index (χ2v) is 6.10. The molecule has 1 saturated heterocycles. The molecule has 5 heteroatoms. The van der Waals surface area contributed by atoms with E-state index in [-0.39, 0.29) is 36.8 Å². The Bertz CT molecular complexity index is 572. The summed E-state index contributed by atoms with van der Waals surface area (Å²) >= 11 is 0. The number of nitrogens with zero attached hydrogens (tertiary/aromatic N) is 1. The molecule has 1 aromatic carbocycles. The zero-order valence-corrected chi connectivity index (χ0v) is 12.9. The van der Waals surface area contributed by atoms with Gasteiger partial charge in [-0.15, -0.1) is 0 Å². The number of likely N-dealkylation sites (tertiary alicyclic amines) is 1. The van der Waals surface area contributed by atoms with Gasteiger partial charge in [0.1, 0.15) is 0 Å². The van der Waals surface area contributed by atoms with Gasteiger partial charge in [0.05, 0.1) is 37.7 Å². The Balaban J connectivity index is 1.49. The molecule has 1 heterocycles. The predicted molar refractivity (Wildman–Crippen MR) is 84.2 cm³/mol. The summed E-state index contributed by atoms with van der Waals surface area (Å²) in [7, 11) is 0. The summed E-state index contributed by atoms with van der Waals surface area (Å²) in [5, 5.41) is 10.1. The number of benzene rings is 1. The van der Waals surface area contributed by atoms with Gasteiger partial charge in [-0.25, -0.2) is 0 Å². The number of rotatable bonds is 6. The summed E-state index contributed by atoms with van der Waals surface area (Å²) in [6, 6.07) is 9.66. The first kappa shape index (κ1) is 15.9. The van der Waals surface area contributed by atoms with E-state index in [1.807, 2.05) is 42.5 Å². The number of hydrogen-bond acceptors (Lipinski definition) is 4. The van der Waals surface area contributed by atoms with Crippen LogP contribution in [0.1, 0.15) is 18.4 Å². The number of aliphatic hydroxyl groups is 1. The maximum Gasteiger partial charge on any atom is 0.233 e. The van der Waals surface area contributed by atoms with Crippen LogP contribution in [0.2, 0.25) is 0 Å². The summed E-state index contributed by atoms with van der Waals surface area (Å²) in [5.74, 6) is -0.812. The van der Waals surface area contributed by atoms with Crippen molar-refractivity contribution in [2.24, 2.45) is 11.8 Å². The molecule has 3 atom stereocenters. The number of imide groups is 1. The molecule has 0 unspecified atom stereocenters. The number of fused-ring (bicyclic) bond motifs is 1. The lowest BCUT2D eigenvalue weighted by Gasteiger charge is -2.19. The smallest absolute Gasteiger partial charge is 0.233 e. The summed E-state index contributed by atoms with van der Waals surface area (Å²) < 4.78 is 5.47. The van der Waals surface area contributed by atoms with E-state index in [9.17, 15) is 14.7 Å². The first-order valence-corrected chi connectivity index (χ1v) is 7.96. The Morgan fingerprint density at radius 1 is 1.09 bits per heavy atom. The highest BCUT2D eigenvalue weighted by molar-refractivity contribution is 6.05. The molecule has 5 nitrogen and oxygen atoms in total. The standard InChI is InChI=1S/C18H21NO4/c20-14(12-23-11-13-6-2-1-3-7-13)10-19-17(21)15-8-4-5-9-16(15)18(19)22/h1-7,14-16,20H,8-12H2/t14-,15-,16-/m1/s1. The molecule has 3 rings (SSSR count). The minimum atomic E-state index is -0.861. The van der Waals surface area contributed by atoms with Crippen molar-refractivity contribution < 1.29 is 19.4 Å². The number of hydrogen-bond donors (Lipinski definition) is 1. The lowest BCUT2D eigenvalue weighted by atomic mass is 9.85. The zero-order chi connectivity index (χ0) is 16.2. The van der Waals surface area contributed by atoms with E-state index >= 15 is 0 Å². The van der Waals surface area contributed by atoms with Crippen LogP contribution in [-0.2, 0) is 20.9 Å². The van der Waals surface area contributed by atoms with Crippen LogP contribution < -0.4 is 0 Å². The molecule has 0 bridgehead atoms. The molecule has 1 aliphatic heterocycles. The number of carbonyl (C=O) groups is 2. The van der Waals surface area contributed by atoms with E-state index in [2.05, 4.69) is 0 Å². The van der Waals surface area contributed by atoms with Crippen molar-refractivity contribution in [2.45, 2.75) is 25.6 Å². The molecule has 0 radical (unpaired) electrons. The first-order chi connectivity index (χ1) is 11.2. The third-order valence-corrected chi connectivity index (χ3v) is 4.41. The van der Waals surface area contributed by atoms with Crippen molar-refractivity contribution in [2.75, 3.05) is 13.2 Å². The second-order valence-electron chi connectivity index (χ2n) is 6.10. The SMILES string of the molecule is O=C1[C@@H]2CC=CC[C@H]2C(=O)N1C[C@@H](O)COCc1ccccc1. The fourth-order valence-electron chi connectivity index (χ4n) is 3.20. The average Bonchev–Trinajstić information content (AvgIpc) is 2.81. The normalized spacial score (nSPS) is 24.8. The van der Waals surface area contributed by atoms with Crippen LogP contribution in [0, 0.1) is 11.8 Å². The van der Waals surface area contributed by atoms with Crippen LogP contribution in [0.4, 0.5) is 0 Å². The third kappa shape index (κ3) is 3.51. The first-order valence-electron chi connectivity index (χ1n) is 7.96. The molecule has 1 fully saturated rings. The Hall–Kier alpha value is -1.98. The monoisotopic (exact) mass is 315 g/mol. The fourth-order valence-corrected chi connectivity index (χ4v) is 3.20. The Morgan fingerprint density at radius 2 is 1.70 bits per heavy atom. The third-order valence-electron chi connectivity index (χ3n) is 4.41. The van der Waals surface area contributed by atoms with E-state index in [1.54, 1.807) is 0 Å². The Kier molecular flexibility index (Phi) is 4.88. The van der Waals surface area contributed by atoms with Crippen molar-refractivity contribution in [1.82, 2.24) is 4.90 Å². The molecule has 2 amide bonds. The number of allylic oxidation sites excluding steroid dienone is 2. The summed E-state index contributed by atoms with van der Waals surface area (Å²) in [6.07, 6.45) is 4.28. The Morgan fingerprint density at radius 3 is 2.30 bits per heavy atom. The van der Waals surface area contributed by atoms with E-state index < -0.39 is 6.10 Å². The predicted octanol–water partition coefficient (Wildman–Crippen LogP) is 1.52. The van der Waals surface area contributed by atoms with Crippen molar-refractivity contribution in [3.8, 4) is 0 Å². The molecule has 1 aromatic rings. The molecule has 2 aliphatic rings. The molecule has 23 heavy (non-hydrogen) atoms. The molecule has 0 spiro atoms. The molecule has 0 saturated carbocycles. The summed E-state index contributed by atoms with van der Waals surface area (Å²) in [5.41, 5.74) is 1.02. The van der Waals surface area contributed by atoms with Crippen molar-refractivity contribution in [3.05, 3.63) is 48.0 Å². The van der Waals surface area contributed by atoms with E-state index in [4.69, 9.17) is 4.74 Å². The largest absolute Gasteiger partial charge is 0.389 e. The van der Waals surface area contributed by atoms with Gasteiger partial charge in [-0.3, -0.25) is 14.5 Å². The van der Waals surface area contributed by atoms with Crippen LogP contribution in [0.25, 0.3) is 0 Å². The minimum Gasteiger partial charge on any atom is -0.389 e. The van der Waals surface area contributed by atoms with Crippen LogP contribution >= 0.6 is 0 Å². The Labute approximate surface area is 135 Å². The summed E-state index contributed by atoms with van der Waals surface area (Å²) in [4.78, 5) is 25.8. The van der Waals surface area contributed by atoms with E-state index in [1.165, 1.54) is 4.90 Å². The van der Waals surface area contributed by atoms with Gasteiger partial charge in [0.25, 0.3) is 0 Å². The maximum absolute atomic E-state index is 12.3. The van der Waals surface area contributed by atoms with E-state index in [0.717, 1.165) is 5.56 Å². The fraction of sp³-hybridized carbons (Fsp3) is 0.444. The highest BCUT2D eigenvalue weighted by Crippen LogP contribution is 2.34. The lowest BCUT2D eigenvalue weighted by Crippen LogP contribution is -2.39. The molecular weight excluding hydrogens is 294 g/mol. The highest BCUT2D eigenvalue weighted by atomic mass is 16.5. The van der Waals surface area contributed by atoms with Gasteiger partial charge in [-0.1, -0.05) is 42.5 Å². The van der Waals surface area contributed by atoms with Gasteiger partial charge in [0, 0.05) is 0 Å². The van der Waals surface area contributed by atoms with Crippen molar-refractivity contribution in [1.29, 1.82) is 0 Å². The number of amides is 2. The van der Waals surface area contributed by atoms with Gasteiger partial charge >= 0.3 is 0 Å². The lowest BCUT2D eigenvalue weighted by molar-refractivity contribution is -0.142. The van der Waals surface area contributed by atoms with Gasteiger partial charge in [0.15, 0.2) is 0 Å². The molecule has 1 aliphatic carbocycles. The molecule has 0 aromatic heterocycles. The second kappa shape index (κ2) is 7.06. The quantitative estimate of drug-likeness (QED) is 0.638. The van der Waals surface area contributed by atoms with Gasteiger partial charge in [0.2, 0.25) is 11.8 Å². The molecular formula is C18H21NO4. The van der Waals surface area contributed by atoms with Crippen molar-refractivity contribution in [3.63, 3.8) is 0 Å². The van der Waals surface area contributed by atoms with Crippen LogP contribution in [0.15, 0.2) is 42.5 Å². The number of β-amino-alcohol motifs (C(OH)–C–C–N with tert-alkyl or cyclic N) is 1.